The van der Waals surface area contributed by atoms with E-state index in [0.717, 1.165) is 0 Å². The fourth-order valence-corrected chi connectivity index (χ4v) is 1.75. The number of rotatable bonds is 2. The van der Waals surface area contributed by atoms with Crippen LogP contribution in [0.3, 0.4) is 0 Å². The number of hydrogen-bond donors (Lipinski definition) is 2. The smallest absolute Gasteiger partial charge is 0.255 e. The molecule has 94 valence electrons. The Morgan fingerprint density at radius 2 is 2.05 bits per heavy atom. The van der Waals surface area contributed by atoms with E-state index >= 15 is 0 Å². The Kier molecular flexibility index (Phi) is 3.69. The third kappa shape index (κ3) is 3.03. The number of benzene rings is 2. The third-order valence-electron chi connectivity index (χ3n) is 2.45. The normalized spacial score (nSPS) is 9.68. The first-order valence-electron chi connectivity index (χ1n) is 5.40. The van der Waals surface area contributed by atoms with Crippen molar-refractivity contribution in [2.24, 2.45) is 0 Å². The first kappa shape index (κ1) is 12.9. The van der Waals surface area contributed by atoms with Crippen LogP contribution in [0.5, 0.6) is 5.75 Å². The topological polar surface area (TPSA) is 73.1 Å². The van der Waals surface area contributed by atoms with Crippen molar-refractivity contribution in [1.29, 1.82) is 5.26 Å². The SMILES string of the molecule is N#Cc1cccc(C(=O)Nc2ccc(O)cc2Cl)c1. The summed E-state index contributed by atoms with van der Waals surface area (Å²) in [5, 5.41) is 20.9. The predicted molar refractivity (Wildman–Crippen MR) is 72.2 cm³/mol. The number of amides is 1. The number of hydrogen-bond acceptors (Lipinski definition) is 3. The minimum absolute atomic E-state index is 0.0227. The number of nitriles is 1. The number of phenols is 1. The van der Waals surface area contributed by atoms with Crippen molar-refractivity contribution in [2.45, 2.75) is 0 Å². The lowest BCUT2D eigenvalue weighted by molar-refractivity contribution is 0.102. The van der Waals surface area contributed by atoms with Gasteiger partial charge in [0, 0.05) is 11.6 Å². The van der Waals surface area contributed by atoms with Gasteiger partial charge in [0.15, 0.2) is 0 Å². The van der Waals surface area contributed by atoms with Crippen LogP contribution in [0.2, 0.25) is 5.02 Å². The van der Waals surface area contributed by atoms with Crippen LogP contribution >= 0.6 is 11.6 Å². The molecule has 0 saturated heterocycles. The number of nitrogens with zero attached hydrogens (tertiary/aromatic N) is 1. The molecule has 19 heavy (non-hydrogen) atoms. The molecule has 0 radical (unpaired) electrons. The van der Waals surface area contributed by atoms with E-state index in [1.54, 1.807) is 18.2 Å². The van der Waals surface area contributed by atoms with Gasteiger partial charge in [0.25, 0.3) is 5.91 Å². The highest BCUT2D eigenvalue weighted by Crippen LogP contribution is 2.26. The van der Waals surface area contributed by atoms with Crippen LogP contribution in [0, 0.1) is 11.3 Å². The predicted octanol–water partition coefficient (Wildman–Crippen LogP) is 3.17. The maximum atomic E-state index is 12.0. The van der Waals surface area contributed by atoms with Crippen molar-refractivity contribution in [3.63, 3.8) is 0 Å². The number of carbonyl (C=O) groups is 1. The van der Waals surface area contributed by atoms with Gasteiger partial charge in [-0.2, -0.15) is 5.26 Å². The lowest BCUT2D eigenvalue weighted by Gasteiger charge is -2.07. The minimum Gasteiger partial charge on any atom is -0.508 e. The largest absolute Gasteiger partial charge is 0.508 e. The molecule has 0 aliphatic carbocycles. The van der Waals surface area contributed by atoms with Gasteiger partial charge in [-0.05, 0) is 30.3 Å². The zero-order valence-corrected chi connectivity index (χ0v) is 10.5. The molecule has 0 atom stereocenters. The van der Waals surface area contributed by atoms with Crippen molar-refractivity contribution in [3.05, 3.63) is 58.6 Å². The summed E-state index contributed by atoms with van der Waals surface area (Å²) >= 11 is 5.89. The van der Waals surface area contributed by atoms with Crippen molar-refractivity contribution in [2.75, 3.05) is 5.32 Å². The Bertz CT molecular complexity index is 677. The summed E-state index contributed by atoms with van der Waals surface area (Å²) in [4.78, 5) is 12.0. The van der Waals surface area contributed by atoms with Crippen molar-refractivity contribution < 1.29 is 9.90 Å². The van der Waals surface area contributed by atoms with Crippen molar-refractivity contribution in [3.8, 4) is 11.8 Å². The molecule has 5 heteroatoms. The fraction of sp³-hybridized carbons (Fsp3) is 0. The van der Waals surface area contributed by atoms with Crippen LogP contribution in [0.25, 0.3) is 0 Å². The summed E-state index contributed by atoms with van der Waals surface area (Å²) in [5.41, 5.74) is 1.17. The lowest BCUT2D eigenvalue weighted by Crippen LogP contribution is -2.12. The van der Waals surface area contributed by atoms with Gasteiger partial charge in [0.1, 0.15) is 5.75 Å². The van der Waals surface area contributed by atoms with E-state index in [0.29, 0.717) is 16.8 Å². The lowest BCUT2D eigenvalue weighted by atomic mass is 10.1. The molecule has 2 N–H and O–H groups in total. The molecule has 0 fully saturated rings. The number of carbonyl (C=O) groups excluding carboxylic acids is 1. The summed E-state index contributed by atoms with van der Waals surface area (Å²) in [6.45, 7) is 0. The van der Waals surface area contributed by atoms with Crippen LogP contribution in [0.15, 0.2) is 42.5 Å². The van der Waals surface area contributed by atoms with E-state index in [2.05, 4.69) is 5.32 Å². The van der Waals surface area contributed by atoms with Gasteiger partial charge in [-0.25, -0.2) is 0 Å². The highest BCUT2D eigenvalue weighted by Gasteiger charge is 2.09. The zero-order chi connectivity index (χ0) is 13.8. The number of halogens is 1. The molecule has 0 aliphatic rings. The van der Waals surface area contributed by atoms with Gasteiger partial charge in [0.2, 0.25) is 0 Å². The molecule has 0 aliphatic heterocycles. The quantitative estimate of drug-likeness (QED) is 0.825. The van der Waals surface area contributed by atoms with Crippen molar-refractivity contribution >= 4 is 23.2 Å². The van der Waals surface area contributed by atoms with Crippen molar-refractivity contribution in [1.82, 2.24) is 0 Å². The van der Waals surface area contributed by atoms with E-state index in [9.17, 15) is 9.90 Å². The summed E-state index contributed by atoms with van der Waals surface area (Å²) in [6, 6.07) is 12.6. The molecule has 2 rings (SSSR count). The first-order chi connectivity index (χ1) is 9.10. The highest BCUT2D eigenvalue weighted by molar-refractivity contribution is 6.34. The van der Waals surface area contributed by atoms with Gasteiger partial charge in [0.05, 0.1) is 22.3 Å². The number of phenolic OH excluding ortho intramolecular Hbond substituents is 1. The molecule has 1 amide bonds. The molecular formula is C14H9ClN2O2. The molecule has 4 nitrogen and oxygen atoms in total. The second-order valence-electron chi connectivity index (χ2n) is 3.81. The van der Waals surface area contributed by atoms with E-state index in [-0.39, 0.29) is 16.7 Å². The Hall–Kier alpha value is -2.51. The third-order valence-corrected chi connectivity index (χ3v) is 2.77. The number of anilines is 1. The van der Waals surface area contributed by atoms with Gasteiger partial charge in [-0.1, -0.05) is 17.7 Å². The molecular weight excluding hydrogens is 264 g/mol. The van der Waals surface area contributed by atoms with E-state index < -0.39 is 0 Å². The summed E-state index contributed by atoms with van der Waals surface area (Å²) in [6.07, 6.45) is 0. The van der Waals surface area contributed by atoms with Crippen LogP contribution in [-0.4, -0.2) is 11.0 Å². The van der Waals surface area contributed by atoms with Crippen LogP contribution in [-0.2, 0) is 0 Å². The fourth-order valence-electron chi connectivity index (χ4n) is 1.53. The first-order valence-corrected chi connectivity index (χ1v) is 5.78. The van der Waals surface area contributed by atoms with Gasteiger partial charge >= 0.3 is 0 Å². The maximum Gasteiger partial charge on any atom is 0.255 e. The summed E-state index contributed by atoms with van der Waals surface area (Å²) in [7, 11) is 0. The average Bonchev–Trinajstić information content (AvgIpc) is 2.42. The van der Waals surface area contributed by atoms with Gasteiger partial charge < -0.3 is 10.4 Å². The zero-order valence-electron chi connectivity index (χ0n) is 9.72. The molecule has 0 bridgehead atoms. The number of aromatic hydroxyl groups is 1. The second kappa shape index (κ2) is 5.42. The molecule has 2 aromatic carbocycles. The average molecular weight is 273 g/mol. The molecule has 0 saturated carbocycles. The number of nitrogens with one attached hydrogen (secondary N) is 1. The highest BCUT2D eigenvalue weighted by atomic mass is 35.5. The van der Waals surface area contributed by atoms with E-state index in [1.165, 1.54) is 24.3 Å². The van der Waals surface area contributed by atoms with Crippen LogP contribution in [0.1, 0.15) is 15.9 Å². The van der Waals surface area contributed by atoms with Crippen LogP contribution in [0.4, 0.5) is 5.69 Å². The standard InChI is InChI=1S/C14H9ClN2O2/c15-12-7-11(18)4-5-13(12)17-14(19)10-3-1-2-9(6-10)8-16/h1-7,18H,(H,17,19). The van der Waals surface area contributed by atoms with E-state index in [1.807, 2.05) is 6.07 Å². The molecule has 0 spiro atoms. The minimum atomic E-state index is -0.371. The van der Waals surface area contributed by atoms with Gasteiger partial charge in [-0.3, -0.25) is 4.79 Å². The maximum absolute atomic E-state index is 12.0. The van der Waals surface area contributed by atoms with Gasteiger partial charge in [-0.15, -0.1) is 0 Å². The van der Waals surface area contributed by atoms with E-state index in [4.69, 9.17) is 16.9 Å². The monoisotopic (exact) mass is 272 g/mol. The van der Waals surface area contributed by atoms with Crippen LogP contribution < -0.4 is 5.32 Å². The Morgan fingerprint density at radius 1 is 1.26 bits per heavy atom. The molecule has 0 heterocycles. The summed E-state index contributed by atoms with van der Waals surface area (Å²) in [5.74, 6) is -0.348. The molecule has 2 aromatic rings. The molecule has 0 unspecified atom stereocenters. The summed E-state index contributed by atoms with van der Waals surface area (Å²) < 4.78 is 0. The molecule has 0 aromatic heterocycles. The second-order valence-corrected chi connectivity index (χ2v) is 4.22. The Balaban J connectivity index is 2.23. The Morgan fingerprint density at radius 3 is 2.74 bits per heavy atom. The Labute approximate surface area is 114 Å².